The number of benzene rings is 2. The largest absolute Gasteiger partial charge is 0.491 e. The summed E-state index contributed by atoms with van der Waals surface area (Å²) in [7, 11) is 1.58. The Kier molecular flexibility index (Phi) is 6.04. The molecule has 0 spiro atoms. The van der Waals surface area contributed by atoms with Crippen LogP contribution in [0.4, 0.5) is 11.5 Å². The average molecular weight is 491 g/mol. The monoisotopic (exact) mass is 490 g/mol. The van der Waals surface area contributed by atoms with Crippen LogP contribution in [0.3, 0.4) is 0 Å². The molecule has 1 atom stereocenters. The lowest BCUT2D eigenvalue weighted by molar-refractivity contribution is 0.413. The number of halogens is 2. The molecular formula is C25H20Cl2N6O. The van der Waals surface area contributed by atoms with E-state index in [0.717, 1.165) is 22.2 Å². The first-order valence-electron chi connectivity index (χ1n) is 10.6. The normalized spacial score (nSPS) is 12.0. The minimum absolute atomic E-state index is 0.143. The van der Waals surface area contributed by atoms with Gasteiger partial charge in [0.1, 0.15) is 5.69 Å². The molecule has 0 bridgehead atoms. The number of hydrogen-bond donors (Lipinski definition) is 1. The molecule has 34 heavy (non-hydrogen) atoms. The Balaban J connectivity index is 1.62. The molecule has 170 valence electrons. The Morgan fingerprint density at radius 1 is 1.03 bits per heavy atom. The molecule has 0 aliphatic carbocycles. The summed E-state index contributed by atoms with van der Waals surface area (Å²) in [6.45, 7) is 2.05. The van der Waals surface area contributed by atoms with E-state index in [-0.39, 0.29) is 6.04 Å². The van der Waals surface area contributed by atoms with Crippen LogP contribution >= 0.6 is 23.2 Å². The molecule has 5 rings (SSSR count). The molecule has 1 N–H and O–H groups in total. The van der Waals surface area contributed by atoms with Gasteiger partial charge in [0.05, 0.1) is 24.9 Å². The van der Waals surface area contributed by atoms with E-state index in [1.165, 1.54) is 0 Å². The number of rotatable bonds is 6. The first kappa shape index (κ1) is 22.1. The third kappa shape index (κ3) is 4.16. The fourth-order valence-electron chi connectivity index (χ4n) is 3.82. The highest BCUT2D eigenvalue weighted by Crippen LogP contribution is 2.35. The topological polar surface area (TPSA) is 77.8 Å². The molecule has 3 heterocycles. The summed E-state index contributed by atoms with van der Waals surface area (Å²) in [5.74, 6) is 1.53. The number of fused-ring (bicyclic) bond motifs is 1. The van der Waals surface area contributed by atoms with Crippen LogP contribution in [-0.2, 0) is 0 Å². The van der Waals surface area contributed by atoms with Crippen LogP contribution in [0.5, 0.6) is 5.75 Å². The molecule has 0 aliphatic heterocycles. The van der Waals surface area contributed by atoms with Gasteiger partial charge in [0.2, 0.25) is 0 Å². The van der Waals surface area contributed by atoms with Crippen molar-refractivity contribution >= 4 is 45.6 Å². The number of anilines is 2. The predicted octanol–water partition coefficient (Wildman–Crippen LogP) is 6.56. The van der Waals surface area contributed by atoms with Gasteiger partial charge in [-0.3, -0.25) is 9.67 Å². The number of ether oxygens (including phenoxy) is 1. The van der Waals surface area contributed by atoms with Gasteiger partial charge in [-0.1, -0.05) is 47.5 Å². The Hall–Kier alpha value is -3.68. The van der Waals surface area contributed by atoms with E-state index < -0.39 is 0 Å². The Morgan fingerprint density at radius 2 is 1.82 bits per heavy atom. The number of para-hydroxylation sites is 1. The molecule has 0 saturated heterocycles. The van der Waals surface area contributed by atoms with Gasteiger partial charge in [-0.25, -0.2) is 9.97 Å². The van der Waals surface area contributed by atoms with E-state index in [1.54, 1.807) is 31.8 Å². The summed E-state index contributed by atoms with van der Waals surface area (Å²) in [5.41, 5.74) is 3.35. The van der Waals surface area contributed by atoms with E-state index >= 15 is 0 Å². The Labute approximate surface area is 206 Å². The smallest absolute Gasteiger partial charge is 0.183 e. The molecular weight excluding hydrogens is 471 g/mol. The highest BCUT2D eigenvalue weighted by molar-refractivity contribution is 6.35. The van der Waals surface area contributed by atoms with Gasteiger partial charge < -0.3 is 10.1 Å². The van der Waals surface area contributed by atoms with E-state index in [0.29, 0.717) is 33.1 Å². The van der Waals surface area contributed by atoms with E-state index in [9.17, 15) is 0 Å². The molecule has 5 aromatic rings. The fourth-order valence-corrected chi connectivity index (χ4v) is 4.38. The summed E-state index contributed by atoms with van der Waals surface area (Å²) >= 11 is 12.6. The maximum absolute atomic E-state index is 6.50. The molecule has 0 fully saturated rings. The number of nitrogens with zero attached hydrogens (tertiary/aromatic N) is 5. The molecule has 2 aromatic carbocycles. The van der Waals surface area contributed by atoms with Gasteiger partial charge in [-0.05, 0) is 42.8 Å². The number of pyridine rings is 1. The summed E-state index contributed by atoms with van der Waals surface area (Å²) in [6, 6.07) is 17.0. The van der Waals surface area contributed by atoms with Crippen LogP contribution in [0, 0.1) is 0 Å². The minimum atomic E-state index is -0.143. The molecule has 0 saturated carbocycles. The Bertz CT molecular complexity index is 1470. The summed E-state index contributed by atoms with van der Waals surface area (Å²) in [6.07, 6.45) is 5.05. The fraction of sp³-hybridized carbons (Fsp3) is 0.120. The third-order valence-corrected chi connectivity index (χ3v) is 6.09. The zero-order valence-electron chi connectivity index (χ0n) is 18.4. The lowest BCUT2D eigenvalue weighted by Crippen LogP contribution is -2.09. The molecule has 7 nitrogen and oxygen atoms in total. The number of hydrogen-bond acceptors (Lipinski definition) is 6. The quantitative estimate of drug-likeness (QED) is 0.290. The average Bonchev–Trinajstić information content (AvgIpc) is 3.24. The van der Waals surface area contributed by atoms with Crippen LogP contribution in [-0.4, -0.2) is 31.8 Å². The molecule has 3 aromatic heterocycles. The molecule has 0 radical (unpaired) electrons. The van der Waals surface area contributed by atoms with Crippen molar-refractivity contribution in [3.05, 3.63) is 88.8 Å². The maximum atomic E-state index is 6.50. The second-order valence-electron chi connectivity index (χ2n) is 7.62. The second kappa shape index (κ2) is 9.29. The molecule has 9 heteroatoms. The van der Waals surface area contributed by atoms with Crippen LogP contribution in [0.2, 0.25) is 10.0 Å². The highest BCUT2D eigenvalue weighted by Gasteiger charge is 2.21. The lowest BCUT2D eigenvalue weighted by Gasteiger charge is -2.16. The summed E-state index contributed by atoms with van der Waals surface area (Å²) in [4.78, 5) is 13.3. The van der Waals surface area contributed by atoms with Gasteiger partial charge >= 0.3 is 0 Å². The highest BCUT2D eigenvalue weighted by atomic mass is 35.5. The van der Waals surface area contributed by atoms with E-state index in [2.05, 4.69) is 15.3 Å². The van der Waals surface area contributed by atoms with Gasteiger partial charge in [-0.2, -0.15) is 5.10 Å². The van der Waals surface area contributed by atoms with Gasteiger partial charge in [0.15, 0.2) is 17.4 Å². The van der Waals surface area contributed by atoms with Crippen molar-refractivity contribution in [2.24, 2.45) is 0 Å². The molecule has 0 amide bonds. The van der Waals surface area contributed by atoms with Gasteiger partial charge in [-0.15, -0.1) is 0 Å². The number of methoxy groups -OCH3 is 1. The van der Waals surface area contributed by atoms with E-state index in [4.69, 9.17) is 38.0 Å². The summed E-state index contributed by atoms with van der Waals surface area (Å²) in [5, 5.41) is 10.3. The van der Waals surface area contributed by atoms with Crippen molar-refractivity contribution in [2.45, 2.75) is 13.0 Å². The van der Waals surface area contributed by atoms with Gasteiger partial charge in [0.25, 0.3) is 0 Å². The molecule has 0 aliphatic rings. The van der Waals surface area contributed by atoms with Crippen molar-refractivity contribution in [3.63, 3.8) is 0 Å². The van der Waals surface area contributed by atoms with Crippen molar-refractivity contribution in [2.75, 3.05) is 12.4 Å². The van der Waals surface area contributed by atoms with Crippen LogP contribution in [0.15, 0.2) is 73.2 Å². The molecule has 0 unspecified atom stereocenters. The first-order chi connectivity index (χ1) is 16.5. The lowest BCUT2D eigenvalue weighted by atomic mass is 10.1. The van der Waals surface area contributed by atoms with Crippen molar-refractivity contribution in [1.82, 2.24) is 24.7 Å². The van der Waals surface area contributed by atoms with Gasteiger partial charge in [0, 0.05) is 33.5 Å². The minimum Gasteiger partial charge on any atom is -0.491 e. The predicted molar refractivity (Wildman–Crippen MR) is 135 cm³/mol. The number of nitrogens with one attached hydrogen (secondary N) is 1. The van der Waals surface area contributed by atoms with Crippen molar-refractivity contribution in [3.8, 4) is 17.3 Å². The summed E-state index contributed by atoms with van der Waals surface area (Å²) < 4.78 is 7.40. The zero-order valence-corrected chi connectivity index (χ0v) is 19.9. The third-order valence-electron chi connectivity index (χ3n) is 5.52. The van der Waals surface area contributed by atoms with Crippen LogP contribution < -0.4 is 10.1 Å². The maximum Gasteiger partial charge on any atom is 0.183 e. The SMILES string of the molecule is COc1cnc(-c2nn([C@@H](C)c3ccc(Cl)cc3Cl)c3ccccc23)nc1Nc1ccncc1. The van der Waals surface area contributed by atoms with Crippen molar-refractivity contribution < 1.29 is 4.74 Å². The Morgan fingerprint density at radius 3 is 2.59 bits per heavy atom. The van der Waals surface area contributed by atoms with Crippen LogP contribution in [0.25, 0.3) is 22.4 Å². The van der Waals surface area contributed by atoms with Crippen LogP contribution in [0.1, 0.15) is 18.5 Å². The zero-order chi connectivity index (χ0) is 23.7. The second-order valence-corrected chi connectivity index (χ2v) is 8.47. The standard InChI is InChI=1S/C25H20Cl2N6O/c1-15(18-8-7-16(26)13-20(18)27)33-21-6-4-3-5-19(21)23(32-33)25-29-14-22(34-2)24(31-25)30-17-9-11-28-12-10-17/h3-15H,1-2H3,(H,28,29,30,31)/t15-/m0/s1. The van der Waals surface area contributed by atoms with Crippen molar-refractivity contribution in [1.29, 1.82) is 0 Å². The number of aromatic nitrogens is 5. The van der Waals surface area contributed by atoms with E-state index in [1.807, 2.05) is 60.1 Å². The first-order valence-corrected chi connectivity index (χ1v) is 11.3.